The molecule has 3 aromatic rings. The van der Waals surface area contributed by atoms with Crippen LogP contribution in [0.1, 0.15) is 15.2 Å². The molecule has 2 aromatic heterocycles. The molecule has 2 N–H and O–H groups in total. The topological polar surface area (TPSA) is 83.5 Å². The lowest BCUT2D eigenvalue weighted by molar-refractivity contribution is 0.0703. The van der Waals surface area contributed by atoms with Gasteiger partial charge in [0.15, 0.2) is 0 Å². The molecule has 0 aliphatic carbocycles. The molecule has 0 bridgehead atoms. The number of rotatable bonds is 5. The van der Waals surface area contributed by atoms with Gasteiger partial charge in [-0.05, 0) is 46.6 Å². The Morgan fingerprint density at radius 2 is 1.80 bits per heavy atom. The molecule has 0 radical (unpaired) electrons. The van der Waals surface area contributed by atoms with Gasteiger partial charge in [-0.2, -0.15) is 0 Å². The minimum absolute atomic E-state index is 0.0465. The maximum Gasteiger partial charge on any atom is 0.348 e. The molecule has 0 spiro atoms. The number of carbonyl (C=O) groups is 1. The Morgan fingerprint density at radius 1 is 1.12 bits per heavy atom. The van der Waals surface area contributed by atoms with Crippen LogP contribution in [0.25, 0.3) is 10.4 Å². The number of aryl methyl sites for hydroxylation is 1. The van der Waals surface area contributed by atoms with E-state index in [4.69, 9.17) is 0 Å². The number of nitrogens with one attached hydrogen (secondary N) is 1. The third-order valence-electron chi connectivity index (χ3n) is 3.32. The first-order chi connectivity index (χ1) is 11.8. The normalized spacial score (nSPS) is 11.4. The number of halogens is 1. The van der Waals surface area contributed by atoms with Crippen molar-refractivity contribution in [1.82, 2.24) is 0 Å². The SMILES string of the molecule is Cc1ccc(-c2cc(NS(=O)(=O)c3ccc(Br)s3)c(C(=O)O)s2)cc1. The van der Waals surface area contributed by atoms with Crippen LogP contribution in [-0.2, 0) is 10.0 Å². The minimum Gasteiger partial charge on any atom is -0.477 e. The summed E-state index contributed by atoms with van der Waals surface area (Å²) in [5.74, 6) is -1.17. The Bertz CT molecular complexity index is 1040. The fraction of sp³-hybridized carbons (Fsp3) is 0.0625. The molecule has 0 aliphatic heterocycles. The number of sulfonamides is 1. The molecule has 0 amide bonds. The number of aromatic carboxylic acids is 1. The highest BCUT2D eigenvalue weighted by Crippen LogP contribution is 2.37. The van der Waals surface area contributed by atoms with Crippen LogP contribution in [-0.4, -0.2) is 19.5 Å². The van der Waals surface area contributed by atoms with Gasteiger partial charge in [0.25, 0.3) is 10.0 Å². The summed E-state index contributed by atoms with van der Waals surface area (Å²) in [5.41, 5.74) is 1.99. The fourth-order valence-electron chi connectivity index (χ4n) is 2.12. The average Bonchev–Trinajstić information content (AvgIpc) is 3.14. The van der Waals surface area contributed by atoms with Crippen molar-refractivity contribution in [2.75, 3.05) is 4.72 Å². The third-order valence-corrected chi connectivity index (χ3v) is 7.97. The van der Waals surface area contributed by atoms with E-state index in [0.717, 1.165) is 33.8 Å². The van der Waals surface area contributed by atoms with Crippen LogP contribution in [0.5, 0.6) is 0 Å². The van der Waals surface area contributed by atoms with Gasteiger partial charge < -0.3 is 5.11 Å². The Kier molecular flexibility index (Phi) is 5.01. The first-order valence-corrected chi connectivity index (χ1v) is 10.9. The number of hydrogen-bond donors (Lipinski definition) is 2. The number of hydrogen-bond acceptors (Lipinski definition) is 5. The molecule has 0 atom stereocenters. The lowest BCUT2D eigenvalue weighted by Crippen LogP contribution is -2.13. The summed E-state index contributed by atoms with van der Waals surface area (Å²) in [7, 11) is -3.84. The Hall–Kier alpha value is -1.68. The van der Waals surface area contributed by atoms with Gasteiger partial charge in [0, 0.05) is 4.88 Å². The van der Waals surface area contributed by atoms with E-state index in [9.17, 15) is 18.3 Å². The first kappa shape index (κ1) is 18.1. The Labute approximate surface area is 161 Å². The van der Waals surface area contributed by atoms with E-state index in [1.165, 1.54) is 6.07 Å². The molecule has 0 fully saturated rings. The Morgan fingerprint density at radius 3 is 2.36 bits per heavy atom. The zero-order valence-corrected chi connectivity index (χ0v) is 16.9. The number of anilines is 1. The van der Waals surface area contributed by atoms with Crippen molar-refractivity contribution in [3.05, 3.63) is 56.7 Å². The van der Waals surface area contributed by atoms with Crippen LogP contribution < -0.4 is 4.72 Å². The number of benzene rings is 1. The van der Waals surface area contributed by atoms with Crippen LogP contribution >= 0.6 is 38.6 Å². The largest absolute Gasteiger partial charge is 0.477 e. The molecule has 0 saturated heterocycles. The van der Waals surface area contributed by atoms with Crippen molar-refractivity contribution >= 4 is 60.3 Å². The second-order valence-corrected chi connectivity index (χ2v) is 10.6. The van der Waals surface area contributed by atoms with Crippen LogP contribution in [0.3, 0.4) is 0 Å². The maximum atomic E-state index is 12.5. The monoisotopic (exact) mass is 457 g/mol. The Balaban J connectivity index is 2.01. The third kappa shape index (κ3) is 3.95. The quantitative estimate of drug-likeness (QED) is 0.561. The van der Waals surface area contributed by atoms with Gasteiger partial charge in [0.2, 0.25) is 0 Å². The highest BCUT2D eigenvalue weighted by molar-refractivity contribution is 9.11. The molecule has 130 valence electrons. The van der Waals surface area contributed by atoms with Gasteiger partial charge in [-0.25, -0.2) is 13.2 Å². The van der Waals surface area contributed by atoms with Crippen LogP contribution in [0, 0.1) is 6.92 Å². The molecular weight excluding hydrogens is 446 g/mol. The molecule has 0 aliphatic rings. The molecule has 1 aromatic carbocycles. The van der Waals surface area contributed by atoms with Gasteiger partial charge >= 0.3 is 5.97 Å². The summed E-state index contributed by atoms with van der Waals surface area (Å²) in [6.45, 7) is 1.96. The highest BCUT2D eigenvalue weighted by Gasteiger charge is 2.23. The van der Waals surface area contributed by atoms with Gasteiger partial charge in [-0.1, -0.05) is 29.8 Å². The summed E-state index contributed by atoms with van der Waals surface area (Å²) < 4.78 is 28.1. The maximum absolute atomic E-state index is 12.5. The molecule has 0 saturated carbocycles. The van der Waals surface area contributed by atoms with E-state index >= 15 is 0 Å². The lowest BCUT2D eigenvalue weighted by Gasteiger charge is -2.05. The summed E-state index contributed by atoms with van der Waals surface area (Å²) in [4.78, 5) is 12.2. The van der Waals surface area contributed by atoms with Crippen molar-refractivity contribution in [2.24, 2.45) is 0 Å². The van der Waals surface area contributed by atoms with Gasteiger partial charge in [0.1, 0.15) is 9.09 Å². The summed E-state index contributed by atoms with van der Waals surface area (Å²) in [6.07, 6.45) is 0. The minimum atomic E-state index is -3.84. The smallest absolute Gasteiger partial charge is 0.348 e. The molecule has 3 rings (SSSR count). The van der Waals surface area contributed by atoms with E-state index < -0.39 is 16.0 Å². The van der Waals surface area contributed by atoms with Crippen molar-refractivity contribution in [3.63, 3.8) is 0 Å². The molecule has 5 nitrogen and oxygen atoms in total. The number of carboxylic acid groups (broad SMARTS) is 1. The molecule has 2 heterocycles. The standard InChI is InChI=1S/C16H12BrNO4S3/c1-9-2-4-10(5-3-9)12-8-11(15(23-12)16(19)20)18-25(21,22)14-7-6-13(17)24-14/h2-8,18H,1H3,(H,19,20). The summed E-state index contributed by atoms with van der Waals surface area (Å²) in [5, 5.41) is 9.41. The number of thiophene rings is 2. The highest BCUT2D eigenvalue weighted by atomic mass is 79.9. The van der Waals surface area contributed by atoms with E-state index in [0.29, 0.717) is 8.66 Å². The van der Waals surface area contributed by atoms with Crippen LogP contribution in [0.4, 0.5) is 5.69 Å². The molecule has 9 heteroatoms. The zero-order valence-electron chi connectivity index (χ0n) is 12.8. The van der Waals surface area contributed by atoms with Gasteiger partial charge in [-0.3, -0.25) is 4.72 Å². The lowest BCUT2D eigenvalue weighted by atomic mass is 10.1. The average molecular weight is 458 g/mol. The van der Waals surface area contributed by atoms with Crippen molar-refractivity contribution < 1.29 is 18.3 Å². The first-order valence-electron chi connectivity index (χ1n) is 6.98. The van der Waals surface area contributed by atoms with E-state index in [2.05, 4.69) is 20.7 Å². The zero-order chi connectivity index (χ0) is 18.2. The van der Waals surface area contributed by atoms with Crippen molar-refractivity contribution in [3.8, 4) is 10.4 Å². The second-order valence-electron chi connectivity index (χ2n) is 5.19. The summed E-state index contributed by atoms with van der Waals surface area (Å²) >= 11 is 5.31. The van der Waals surface area contributed by atoms with E-state index in [1.807, 2.05) is 31.2 Å². The summed E-state index contributed by atoms with van der Waals surface area (Å²) in [6, 6.07) is 12.2. The molecule has 25 heavy (non-hydrogen) atoms. The predicted octanol–water partition coefficient (Wildman–Crippen LogP) is 5.05. The van der Waals surface area contributed by atoms with Gasteiger partial charge in [0.05, 0.1) is 9.47 Å². The fourth-order valence-corrected chi connectivity index (χ4v) is 6.22. The van der Waals surface area contributed by atoms with E-state index in [1.54, 1.807) is 12.1 Å². The predicted molar refractivity (Wildman–Crippen MR) is 104 cm³/mol. The van der Waals surface area contributed by atoms with Crippen molar-refractivity contribution in [1.29, 1.82) is 0 Å². The van der Waals surface area contributed by atoms with Crippen LogP contribution in [0.15, 0.2) is 50.5 Å². The number of carboxylic acids is 1. The molecule has 0 unspecified atom stereocenters. The van der Waals surface area contributed by atoms with E-state index in [-0.39, 0.29) is 14.8 Å². The van der Waals surface area contributed by atoms with Crippen LogP contribution in [0.2, 0.25) is 0 Å². The van der Waals surface area contributed by atoms with Crippen molar-refractivity contribution in [2.45, 2.75) is 11.1 Å². The second kappa shape index (κ2) is 6.91. The molecular formula is C16H12BrNO4S3. The van der Waals surface area contributed by atoms with Gasteiger partial charge in [-0.15, -0.1) is 22.7 Å².